The number of rotatable bonds is 4. The van der Waals surface area contributed by atoms with Crippen LogP contribution in [0.25, 0.3) is 5.65 Å². The molecule has 24 heavy (non-hydrogen) atoms. The number of nitrogens with one attached hydrogen (secondary N) is 1. The first-order chi connectivity index (χ1) is 11.7. The third-order valence-electron chi connectivity index (χ3n) is 4.41. The minimum Gasteiger partial charge on any atom is -0.307 e. The summed E-state index contributed by atoms with van der Waals surface area (Å²) in [7, 11) is 0. The highest BCUT2D eigenvalue weighted by Gasteiger charge is 2.21. The quantitative estimate of drug-likeness (QED) is 0.773. The zero-order chi connectivity index (χ0) is 16.5. The fraction of sp³-hybridized carbons (Fsp3) is 0.412. The van der Waals surface area contributed by atoms with E-state index < -0.39 is 0 Å². The number of aromatic nitrogens is 5. The average molecular weight is 324 g/mol. The van der Waals surface area contributed by atoms with Gasteiger partial charge in [-0.05, 0) is 18.6 Å². The van der Waals surface area contributed by atoms with E-state index in [-0.39, 0.29) is 5.56 Å². The molecule has 124 valence electrons. The van der Waals surface area contributed by atoms with Gasteiger partial charge in [0.05, 0.1) is 12.2 Å². The topological polar surface area (TPSA) is 77.1 Å². The number of fused-ring (bicyclic) bond motifs is 2. The minimum atomic E-state index is -0.0489. The van der Waals surface area contributed by atoms with E-state index in [2.05, 4.69) is 27.3 Å². The summed E-state index contributed by atoms with van der Waals surface area (Å²) in [6.07, 6.45) is 4.55. The summed E-state index contributed by atoms with van der Waals surface area (Å²) in [5, 5.41) is 8.02. The Labute approximate surface area is 139 Å². The van der Waals surface area contributed by atoms with Gasteiger partial charge in [-0.25, -0.2) is 14.6 Å². The molecule has 0 fully saturated rings. The molecule has 1 aliphatic heterocycles. The molecule has 0 aromatic carbocycles. The van der Waals surface area contributed by atoms with Gasteiger partial charge in [0.25, 0.3) is 5.56 Å². The van der Waals surface area contributed by atoms with Crippen molar-refractivity contribution in [1.29, 1.82) is 0 Å². The Morgan fingerprint density at radius 3 is 3.12 bits per heavy atom. The molecule has 0 bridgehead atoms. The molecule has 1 aliphatic rings. The summed E-state index contributed by atoms with van der Waals surface area (Å²) in [5.74, 6) is 1.99. The minimum absolute atomic E-state index is 0.0489. The number of nitrogens with zero attached hydrogens (tertiary/aromatic N) is 5. The Kier molecular flexibility index (Phi) is 3.86. The first-order valence-corrected chi connectivity index (χ1v) is 8.36. The van der Waals surface area contributed by atoms with Crippen LogP contribution in [0.4, 0.5) is 0 Å². The van der Waals surface area contributed by atoms with E-state index in [1.165, 1.54) is 0 Å². The molecule has 0 aliphatic carbocycles. The summed E-state index contributed by atoms with van der Waals surface area (Å²) >= 11 is 0. The predicted molar refractivity (Wildman–Crippen MR) is 89.8 cm³/mol. The van der Waals surface area contributed by atoms with Crippen molar-refractivity contribution in [1.82, 2.24) is 29.5 Å². The van der Waals surface area contributed by atoms with Crippen LogP contribution in [0.5, 0.6) is 0 Å². The van der Waals surface area contributed by atoms with Crippen LogP contribution in [-0.2, 0) is 25.9 Å². The van der Waals surface area contributed by atoms with Crippen molar-refractivity contribution >= 4 is 5.65 Å². The number of hydrogen-bond acceptors (Lipinski definition) is 5. The summed E-state index contributed by atoms with van der Waals surface area (Å²) in [4.78, 5) is 21.2. The first-order valence-electron chi connectivity index (χ1n) is 8.36. The van der Waals surface area contributed by atoms with Gasteiger partial charge < -0.3 is 5.32 Å². The highest BCUT2D eigenvalue weighted by molar-refractivity contribution is 5.37. The molecule has 3 aromatic heterocycles. The fourth-order valence-electron chi connectivity index (χ4n) is 3.12. The van der Waals surface area contributed by atoms with Gasteiger partial charge in [0, 0.05) is 37.7 Å². The van der Waals surface area contributed by atoms with E-state index in [9.17, 15) is 4.79 Å². The van der Waals surface area contributed by atoms with E-state index in [0.717, 1.165) is 43.1 Å². The molecule has 1 atom stereocenters. The molecule has 0 spiro atoms. The van der Waals surface area contributed by atoms with Gasteiger partial charge in [0.1, 0.15) is 11.5 Å². The lowest BCUT2D eigenvalue weighted by Crippen LogP contribution is -2.37. The zero-order valence-corrected chi connectivity index (χ0v) is 13.6. The van der Waals surface area contributed by atoms with Gasteiger partial charge in [0.15, 0.2) is 5.82 Å². The molecule has 0 saturated heterocycles. The van der Waals surface area contributed by atoms with Gasteiger partial charge in [-0.3, -0.25) is 9.20 Å². The molecule has 0 unspecified atom stereocenters. The predicted octanol–water partition coefficient (Wildman–Crippen LogP) is 0.953. The molecular formula is C17H20N6O. The van der Waals surface area contributed by atoms with Gasteiger partial charge in [-0.1, -0.05) is 13.0 Å². The van der Waals surface area contributed by atoms with Crippen LogP contribution in [0.1, 0.15) is 30.7 Å². The van der Waals surface area contributed by atoms with E-state index in [0.29, 0.717) is 18.2 Å². The maximum absolute atomic E-state index is 12.1. The number of hydrogen-bond donors (Lipinski definition) is 1. The Hall–Kier alpha value is -2.54. The molecule has 7 heteroatoms. The largest absolute Gasteiger partial charge is 0.307 e. The molecule has 0 amide bonds. The maximum atomic E-state index is 12.1. The Bertz CT molecular complexity index is 928. The van der Waals surface area contributed by atoms with Crippen molar-refractivity contribution in [2.75, 3.05) is 0 Å². The fourth-order valence-corrected chi connectivity index (χ4v) is 3.12. The van der Waals surface area contributed by atoms with Gasteiger partial charge in [0.2, 0.25) is 0 Å². The zero-order valence-electron chi connectivity index (χ0n) is 13.6. The molecule has 4 rings (SSSR count). The lowest BCUT2D eigenvalue weighted by molar-refractivity contribution is 0.356. The van der Waals surface area contributed by atoms with Crippen molar-refractivity contribution in [2.24, 2.45) is 0 Å². The summed E-state index contributed by atoms with van der Waals surface area (Å²) in [6.45, 7) is 3.46. The highest BCUT2D eigenvalue weighted by atomic mass is 16.1. The maximum Gasteiger partial charge on any atom is 0.258 e. The molecule has 4 heterocycles. The lowest BCUT2D eigenvalue weighted by Gasteiger charge is -2.23. The van der Waals surface area contributed by atoms with Crippen LogP contribution in [-0.4, -0.2) is 30.2 Å². The van der Waals surface area contributed by atoms with Crippen LogP contribution in [0.15, 0.2) is 35.3 Å². The van der Waals surface area contributed by atoms with Crippen molar-refractivity contribution in [2.45, 2.75) is 45.3 Å². The van der Waals surface area contributed by atoms with Gasteiger partial charge in [-0.15, -0.1) is 0 Å². The summed E-state index contributed by atoms with van der Waals surface area (Å²) < 4.78 is 3.56. The van der Waals surface area contributed by atoms with Gasteiger partial charge in [-0.2, -0.15) is 5.10 Å². The summed E-state index contributed by atoms with van der Waals surface area (Å²) in [5.41, 5.74) is 1.40. The van der Waals surface area contributed by atoms with Crippen LogP contribution >= 0.6 is 0 Å². The van der Waals surface area contributed by atoms with Crippen LogP contribution < -0.4 is 10.9 Å². The Balaban J connectivity index is 1.47. The van der Waals surface area contributed by atoms with Crippen molar-refractivity contribution < 1.29 is 0 Å². The van der Waals surface area contributed by atoms with Crippen LogP contribution in [0, 0.1) is 0 Å². The van der Waals surface area contributed by atoms with E-state index in [4.69, 9.17) is 0 Å². The third-order valence-corrected chi connectivity index (χ3v) is 4.41. The second-order valence-electron chi connectivity index (χ2n) is 6.11. The second-order valence-corrected chi connectivity index (χ2v) is 6.11. The third kappa shape index (κ3) is 2.82. The standard InChI is InChI=1S/C17H20N6O/c1-2-14-20-16-7-6-12(11-23(16)21-14)18-10-13-9-17(24)22-8-4-3-5-15(22)19-13/h3-5,8-9,12,18H,2,6-7,10-11H2,1H3/t12-/m1/s1. The lowest BCUT2D eigenvalue weighted by atomic mass is 10.1. The highest BCUT2D eigenvalue weighted by Crippen LogP contribution is 2.13. The molecule has 0 radical (unpaired) electrons. The molecule has 1 N–H and O–H groups in total. The summed E-state index contributed by atoms with van der Waals surface area (Å²) in [6, 6.07) is 7.48. The molecule has 7 nitrogen and oxygen atoms in total. The normalized spacial score (nSPS) is 17.1. The second kappa shape index (κ2) is 6.16. The van der Waals surface area contributed by atoms with E-state index >= 15 is 0 Å². The monoisotopic (exact) mass is 324 g/mol. The SMILES string of the molecule is CCc1nc2n(n1)C[C@H](NCc1cc(=O)n3ccccc3n1)CC2. The van der Waals surface area contributed by atoms with E-state index in [1.54, 1.807) is 16.7 Å². The van der Waals surface area contributed by atoms with Crippen molar-refractivity contribution in [3.8, 4) is 0 Å². The van der Waals surface area contributed by atoms with Crippen LogP contribution in [0.3, 0.4) is 0 Å². The Morgan fingerprint density at radius 2 is 2.25 bits per heavy atom. The molecule has 3 aromatic rings. The van der Waals surface area contributed by atoms with Crippen molar-refractivity contribution in [3.05, 3.63) is 58.2 Å². The smallest absolute Gasteiger partial charge is 0.258 e. The van der Waals surface area contributed by atoms with E-state index in [1.807, 2.05) is 22.9 Å². The Morgan fingerprint density at radius 1 is 1.33 bits per heavy atom. The number of pyridine rings is 1. The number of aryl methyl sites for hydroxylation is 2. The molecular weight excluding hydrogens is 304 g/mol. The van der Waals surface area contributed by atoms with Crippen molar-refractivity contribution in [3.63, 3.8) is 0 Å². The van der Waals surface area contributed by atoms with Crippen LogP contribution in [0.2, 0.25) is 0 Å². The average Bonchev–Trinajstić information content (AvgIpc) is 3.02. The molecule has 0 saturated carbocycles. The first kappa shape index (κ1) is 15.0. The van der Waals surface area contributed by atoms with Gasteiger partial charge >= 0.3 is 0 Å².